The Morgan fingerprint density at radius 1 is 0.975 bits per heavy atom. The molecule has 0 radical (unpaired) electrons. The second kappa shape index (κ2) is 9.31. The van der Waals surface area contributed by atoms with Gasteiger partial charge in [0.05, 0.1) is 22.8 Å². The summed E-state index contributed by atoms with van der Waals surface area (Å²) in [6.45, 7) is 5.66. The third-order valence-electron chi connectivity index (χ3n) is 9.10. The number of carbonyl (C=O) groups excluding carboxylic acids is 3. The molecule has 1 aromatic heterocycles. The molecule has 3 aromatic rings. The summed E-state index contributed by atoms with van der Waals surface area (Å²) in [5.74, 6) is -0.697. The van der Waals surface area contributed by atoms with E-state index in [4.69, 9.17) is 10.3 Å². The van der Waals surface area contributed by atoms with Crippen LogP contribution in [0.5, 0.6) is 0 Å². The van der Waals surface area contributed by atoms with Crippen LogP contribution in [-0.2, 0) is 14.4 Å². The fourth-order valence-electron chi connectivity index (χ4n) is 7.29. The van der Waals surface area contributed by atoms with Crippen molar-refractivity contribution in [3.63, 3.8) is 0 Å². The van der Waals surface area contributed by atoms with Gasteiger partial charge in [0, 0.05) is 6.54 Å². The number of amides is 2. The Morgan fingerprint density at radius 3 is 2.15 bits per heavy atom. The monoisotopic (exact) mass is 602 g/mol. The van der Waals surface area contributed by atoms with E-state index in [0.717, 1.165) is 22.3 Å². The highest BCUT2D eigenvalue weighted by Gasteiger charge is 2.85. The normalized spacial score (nSPS) is 30.0. The first-order valence-corrected chi connectivity index (χ1v) is 14.4. The molecule has 8 nitrogen and oxygen atoms in total. The number of aromatic nitrogens is 2. The Hall–Kier alpha value is -3.43. The molecule has 5 unspecified atom stereocenters. The minimum atomic E-state index is -1.37. The van der Waals surface area contributed by atoms with Gasteiger partial charge in [-0.15, -0.1) is 0 Å². The van der Waals surface area contributed by atoms with Crippen molar-refractivity contribution in [2.75, 3.05) is 6.54 Å². The van der Waals surface area contributed by atoms with Crippen LogP contribution in [0.25, 0.3) is 11.1 Å². The third kappa shape index (κ3) is 3.37. The van der Waals surface area contributed by atoms with Gasteiger partial charge in [0.1, 0.15) is 4.32 Å². The SMILES string of the molecule is Cc1noc(C(N)CCCCN2C(=O)C3C4(C)C(=O)C(C)(C(c5ccccc5)=C4c4ccccc4)C3(Br)C2=O)n1. The van der Waals surface area contributed by atoms with Crippen LogP contribution in [-0.4, -0.2) is 43.5 Å². The molecule has 206 valence electrons. The summed E-state index contributed by atoms with van der Waals surface area (Å²) in [7, 11) is 0. The Labute approximate surface area is 241 Å². The molecule has 2 heterocycles. The van der Waals surface area contributed by atoms with Gasteiger partial charge in [0.25, 0.3) is 0 Å². The lowest BCUT2D eigenvalue weighted by Crippen LogP contribution is -2.50. The maximum Gasteiger partial charge on any atom is 0.248 e. The molecule has 2 N–H and O–H groups in total. The lowest BCUT2D eigenvalue weighted by atomic mass is 9.63. The summed E-state index contributed by atoms with van der Waals surface area (Å²) in [6, 6.07) is 19.1. The summed E-state index contributed by atoms with van der Waals surface area (Å²) < 4.78 is 3.79. The van der Waals surface area contributed by atoms with Crippen molar-refractivity contribution in [3.05, 3.63) is 83.5 Å². The number of nitrogens with two attached hydrogens (primary N) is 1. The summed E-state index contributed by atoms with van der Waals surface area (Å²) in [5.41, 5.74) is 7.18. The first kappa shape index (κ1) is 26.8. The number of benzene rings is 2. The first-order chi connectivity index (χ1) is 19.1. The number of alkyl halides is 1. The number of likely N-dealkylation sites (tertiary alicyclic amines) is 1. The Morgan fingerprint density at radius 2 is 1.57 bits per heavy atom. The van der Waals surface area contributed by atoms with Gasteiger partial charge < -0.3 is 10.3 Å². The number of rotatable bonds is 8. The molecule has 6 rings (SSSR count). The molecule has 9 heteroatoms. The number of allylic oxidation sites excluding steroid dienone is 2. The number of fused-ring (bicyclic) bond motifs is 5. The van der Waals surface area contributed by atoms with Crippen LogP contribution in [0, 0.1) is 23.7 Å². The zero-order valence-corrected chi connectivity index (χ0v) is 24.3. The quantitative estimate of drug-likeness (QED) is 0.221. The van der Waals surface area contributed by atoms with E-state index in [1.54, 1.807) is 6.92 Å². The molecule has 2 bridgehead atoms. The Kier molecular flexibility index (Phi) is 6.23. The van der Waals surface area contributed by atoms with Gasteiger partial charge in [0.2, 0.25) is 17.7 Å². The van der Waals surface area contributed by atoms with E-state index >= 15 is 0 Å². The average molecular weight is 604 g/mol. The fourth-order valence-corrected chi connectivity index (χ4v) is 8.54. The predicted molar refractivity (Wildman–Crippen MR) is 153 cm³/mol. The van der Waals surface area contributed by atoms with Crippen LogP contribution >= 0.6 is 15.9 Å². The molecule has 1 saturated carbocycles. The number of halogens is 1. The maximum atomic E-state index is 14.4. The van der Waals surface area contributed by atoms with E-state index in [0.29, 0.717) is 31.0 Å². The predicted octanol–water partition coefficient (Wildman–Crippen LogP) is 4.89. The van der Waals surface area contributed by atoms with Gasteiger partial charge in [-0.05, 0) is 62.3 Å². The molecular formula is C31H31BrN4O4. The molecule has 2 amide bonds. The van der Waals surface area contributed by atoms with Crippen LogP contribution in [0.15, 0.2) is 65.2 Å². The topological polar surface area (TPSA) is 119 Å². The number of aryl methyl sites for hydroxylation is 1. The molecular weight excluding hydrogens is 572 g/mol. The Balaban J connectivity index is 1.35. The van der Waals surface area contributed by atoms with Gasteiger partial charge >= 0.3 is 0 Å². The van der Waals surface area contributed by atoms with Crippen LogP contribution in [0.3, 0.4) is 0 Å². The van der Waals surface area contributed by atoms with Crippen LogP contribution in [0.4, 0.5) is 0 Å². The minimum absolute atomic E-state index is 0.0956. The standard InChI is InChI=1S/C31H31BrN4O4/c1-18-34-25(40-35-18)21(33)16-10-11-17-36-26(37)24-29(2)22(19-12-6-4-7-13-19)23(20-14-8-5-9-15-20)30(3,27(29)38)31(24,32)28(36)39/h4-9,12-15,21,24H,10-11,16-17,33H2,1-3H3. The molecule has 1 saturated heterocycles. The van der Waals surface area contributed by atoms with Crippen LogP contribution < -0.4 is 5.73 Å². The van der Waals surface area contributed by atoms with E-state index in [2.05, 4.69) is 26.1 Å². The van der Waals surface area contributed by atoms with E-state index in [-0.39, 0.29) is 24.1 Å². The zero-order valence-electron chi connectivity index (χ0n) is 22.7. The third-order valence-corrected chi connectivity index (χ3v) is 10.7. The average Bonchev–Trinajstić information content (AvgIpc) is 3.57. The van der Waals surface area contributed by atoms with Gasteiger partial charge in [-0.1, -0.05) is 81.8 Å². The Bertz CT molecular complexity index is 1550. The highest BCUT2D eigenvalue weighted by atomic mass is 79.9. The van der Waals surface area contributed by atoms with E-state index in [1.165, 1.54) is 4.90 Å². The number of ketones is 1. The van der Waals surface area contributed by atoms with Crippen LogP contribution in [0.2, 0.25) is 0 Å². The largest absolute Gasteiger partial charge is 0.338 e. The zero-order chi connectivity index (χ0) is 28.4. The molecule has 0 spiro atoms. The number of unbranched alkanes of at least 4 members (excludes halogenated alkanes) is 1. The van der Waals surface area contributed by atoms with E-state index in [9.17, 15) is 14.4 Å². The summed E-state index contributed by atoms with van der Waals surface area (Å²) in [6.07, 6.45) is 1.81. The number of hydrogen-bond acceptors (Lipinski definition) is 7. The smallest absolute Gasteiger partial charge is 0.248 e. The highest BCUT2D eigenvalue weighted by Crippen LogP contribution is 2.77. The van der Waals surface area contributed by atoms with Gasteiger partial charge in [0.15, 0.2) is 11.6 Å². The summed E-state index contributed by atoms with van der Waals surface area (Å²) in [5, 5.41) is 3.78. The molecule has 1 aliphatic heterocycles. The molecule has 2 aromatic carbocycles. The molecule has 3 aliphatic rings. The maximum absolute atomic E-state index is 14.4. The highest BCUT2D eigenvalue weighted by molar-refractivity contribution is 9.10. The number of hydrogen-bond donors (Lipinski definition) is 1. The van der Waals surface area contributed by atoms with Gasteiger partial charge in [-0.2, -0.15) is 4.98 Å². The van der Waals surface area contributed by atoms with Crippen molar-refractivity contribution in [1.82, 2.24) is 15.0 Å². The lowest BCUT2D eigenvalue weighted by Gasteiger charge is -2.41. The van der Waals surface area contributed by atoms with Crippen molar-refractivity contribution in [1.29, 1.82) is 0 Å². The number of imide groups is 1. The molecule has 40 heavy (non-hydrogen) atoms. The summed E-state index contributed by atoms with van der Waals surface area (Å²) >= 11 is 3.80. The fraction of sp³-hybridized carbons (Fsp3) is 0.387. The van der Waals surface area contributed by atoms with Crippen LogP contribution in [0.1, 0.15) is 62.0 Å². The molecule has 5 atom stereocenters. The van der Waals surface area contributed by atoms with Crippen molar-refractivity contribution in [2.45, 2.75) is 50.4 Å². The van der Waals surface area contributed by atoms with Crippen molar-refractivity contribution >= 4 is 44.7 Å². The van der Waals surface area contributed by atoms with Crippen molar-refractivity contribution in [3.8, 4) is 0 Å². The second-order valence-electron chi connectivity index (χ2n) is 11.4. The molecule has 2 fully saturated rings. The second-order valence-corrected chi connectivity index (χ2v) is 12.6. The van der Waals surface area contributed by atoms with Crippen molar-refractivity contribution in [2.24, 2.45) is 22.5 Å². The van der Waals surface area contributed by atoms with E-state index < -0.39 is 27.1 Å². The number of carbonyl (C=O) groups is 3. The summed E-state index contributed by atoms with van der Waals surface area (Å²) in [4.78, 5) is 48.3. The number of Topliss-reactive ketones (excluding diaryl/α,β-unsaturated/α-hetero) is 1. The van der Waals surface area contributed by atoms with Crippen molar-refractivity contribution < 1.29 is 18.9 Å². The molecule has 2 aliphatic carbocycles. The van der Waals surface area contributed by atoms with Gasteiger partial charge in [-0.25, -0.2) is 0 Å². The van der Waals surface area contributed by atoms with Gasteiger partial charge in [-0.3, -0.25) is 19.3 Å². The first-order valence-electron chi connectivity index (χ1n) is 13.6. The number of nitrogens with zero attached hydrogens (tertiary/aromatic N) is 3. The minimum Gasteiger partial charge on any atom is -0.338 e. The lowest BCUT2D eigenvalue weighted by molar-refractivity contribution is -0.144. The van der Waals surface area contributed by atoms with E-state index in [1.807, 2.05) is 74.5 Å².